The maximum atomic E-state index is 12.3. The van der Waals surface area contributed by atoms with E-state index in [-0.39, 0.29) is 11.5 Å². The predicted octanol–water partition coefficient (Wildman–Crippen LogP) is 6.63. The quantitative estimate of drug-likeness (QED) is 0.490. The third-order valence-electron chi connectivity index (χ3n) is 11.0. The molecule has 5 aliphatic heterocycles. The molecule has 0 radical (unpaired) electrons. The number of rotatable bonds is 2. The number of thioether (sulfide) groups is 1. The number of piperidine rings is 4. The van der Waals surface area contributed by atoms with Gasteiger partial charge in [-0.15, -0.1) is 0 Å². The van der Waals surface area contributed by atoms with Crippen LogP contribution in [0.2, 0.25) is 0 Å². The monoisotopic (exact) mass is 510 g/mol. The molecule has 2 aromatic heterocycles. The zero-order valence-corrected chi connectivity index (χ0v) is 22.7. The summed E-state index contributed by atoms with van der Waals surface area (Å²) in [6, 6.07) is 5.77. The lowest BCUT2D eigenvalue weighted by Gasteiger charge is -2.59. The summed E-state index contributed by atoms with van der Waals surface area (Å²) in [4.78, 5) is 5.32. The summed E-state index contributed by atoms with van der Waals surface area (Å²) in [5.74, 6) is 2.29. The molecule has 0 saturated carbocycles. The second kappa shape index (κ2) is 8.65. The Balaban J connectivity index is 1.13. The minimum Gasteiger partial charge on any atom is -0.472 e. The molecule has 7 rings (SSSR count). The van der Waals surface area contributed by atoms with E-state index in [0.29, 0.717) is 22.7 Å². The van der Waals surface area contributed by atoms with Gasteiger partial charge in [0.05, 0.1) is 25.1 Å². The highest BCUT2D eigenvalue weighted by Crippen LogP contribution is 2.62. The van der Waals surface area contributed by atoms with Gasteiger partial charge in [-0.3, -0.25) is 9.80 Å². The number of hydrogen-bond donors (Lipinski definition) is 1. The van der Waals surface area contributed by atoms with Crippen molar-refractivity contribution in [2.75, 3.05) is 18.8 Å². The number of furan rings is 2. The van der Waals surface area contributed by atoms with Gasteiger partial charge in [0.2, 0.25) is 0 Å². The fourth-order valence-electron chi connectivity index (χ4n) is 9.07. The largest absolute Gasteiger partial charge is 0.472 e. The first-order valence-electron chi connectivity index (χ1n) is 14.3. The second-order valence-corrected chi connectivity index (χ2v) is 14.5. The van der Waals surface area contributed by atoms with E-state index in [0.717, 1.165) is 31.7 Å². The van der Waals surface area contributed by atoms with Crippen LogP contribution in [0.1, 0.15) is 94.8 Å². The third-order valence-corrected chi connectivity index (χ3v) is 12.9. The number of aliphatic hydroxyl groups is 1. The second-order valence-electron chi connectivity index (χ2n) is 13.1. The smallest absolute Gasteiger partial charge is 0.122 e. The van der Waals surface area contributed by atoms with Crippen LogP contribution in [-0.4, -0.2) is 50.3 Å². The lowest BCUT2D eigenvalue weighted by atomic mass is 9.64. The molecule has 5 saturated heterocycles. The molecule has 196 valence electrons. The molecule has 0 bridgehead atoms. The molecule has 0 aromatic carbocycles. The van der Waals surface area contributed by atoms with Gasteiger partial charge in [0.25, 0.3) is 0 Å². The van der Waals surface area contributed by atoms with Crippen molar-refractivity contribution in [3.63, 3.8) is 0 Å². The highest BCUT2D eigenvalue weighted by molar-refractivity contribution is 8.01. The summed E-state index contributed by atoms with van der Waals surface area (Å²) in [6.07, 6.45) is 18.3. The van der Waals surface area contributed by atoms with Gasteiger partial charge in [-0.25, -0.2) is 0 Å². The Morgan fingerprint density at radius 3 is 2.42 bits per heavy atom. The minimum absolute atomic E-state index is 0.252. The van der Waals surface area contributed by atoms with Crippen LogP contribution in [0.15, 0.2) is 46.0 Å². The molecular formula is C30H42N2O3S. The van der Waals surface area contributed by atoms with Crippen LogP contribution in [0.3, 0.4) is 0 Å². The van der Waals surface area contributed by atoms with E-state index < -0.39 is 5.72 Å². The van der Waals surface area contributed by atoms with Gasteiger partial charge in [0.1, 0.15) is 5.72 Å². The fraction of sp³-hybridized carbons (Fsp3) is 0.733. The molecule has 36 heavy (non-hydrogen) atoms. The van der Waals surface area contributed by atoms with Crippen molar-refractivity contribution in [2.24, 2.45) is 17.3 Å². The molecule has 8 unspecified atom stereocenters. The molecule has 2 aromatic rings. The summed E-state index contributed by atoms with van der Waals surface area (Å²) in [5.41, 5.74) is 2.14. The number of hydrogen-bond acceptors (Lipinski definition) is 6. The molecule has 1 N–H and O–H groups in total. The lowest BCUT2D eigenvalue weighted by molar-refractivity contribution is -0.230. The number of fused-ring (bicyclic) bond motifs is 2. The van der Waals surface area contributed by atoms with Crippen LogP contribution >= 0.6 is 11.8 Å². The Morgan fingerprint density at radius 1 is 0.917 bits per heavy atom. The van der Waals surface area contributed by atoms with Crippen molar-refractivity contribution < 1.29 is 13.9 Å². The Hall–Kier alpha value is -1.21. The van der Waals surface area contributed by atoms with E-state index in [1.165, 1.54) is 61.9 Å². The summed E-state index contributed by atoms with van der Waals surface area (Å²) in [7, 11) is 0. The van der Waals surface area contributed by atoms with E-state index in [4.69, 9.17) is 8.83 Å². The van der Waals surface area contributed by atoms with Crippen molar-refractivity contribution in [2.45, 2.75) is 100 Å². The van der Waals surface area contributed by atoms with E-state index in [9.17, 15) is 5.11 Å². The van der Waals surface area contributed by atoms with Crippen molar-refractivity contribution in [1.29, 1.82) is 0 Å². The minimum atomic E-state index is -0.708. The van der Waals surface area contributed by atoms with Gasteiger partial charge in [0, 0.05) is 47.1 Å². The molecule has 5 fully saturated rings. The van der Waals surface area contributed by atoms with Gasteiger partial charge in [0.15, 0.2) is 0 Å². The van der Waals surface area contributed by atoms with Crippen molar-refractivity contribution in [1.82, 2.24) is 9.80 Å². The Morgan fingerprint density at radius 2 is 1.67 bits per heavy atom. The SMILES string of the molecule is CC1CCC(c2ccoc2)N2CC3(CCC12)CC1(CCN2C(c4ccoc4)CCC(C)C2(O)C1)CS3. The number of nitrogens with zero attached hydrogens (tertiary/aromatic N) is 2. The Kier molecular flexibility index (Phi) is 5.74. The van der Waals surface area contributed by atoms with Crippen LogP contribution in [-0.2, 0) is 0 Å². The molecule has 0 amide bonds. The van der Waals surface area contributed by atoms with Crippen molar-refractivity contribution in [3.8, 4) is 0 Å². The summed E-state index contributed by atoms with van der Waals surface area (Å²) in [5, 5.41) is 12.3. The lowest BCUT2D eigenvalue weighted by Crippen LogP contribution is -2.64. The molecule has 8 atom stereocenters. The van der Waals surface area contributed by atoms with Crippen LogP contribution in [0.4, 0.5) is 0 Å². The Bertz CT molecular complexity index is 1060. The zero-order chi connectivity index (χ0) is 24.5. The first-order chi connectivity index (χ1) is 17.4. The van der Waals surface area contributed by atoms with Crippen molar-refractivity contribution in [3.05, 3.63) is 48.3 Å². The van der Waals surface area contributed by atoms with Crippen LogP contribution < -0.4 is 0 Å². The standard InChI is InChI=1S/C30H42N2O3S/c1-21-3-5-26(23-8-13-34-15-23)31-19-29(10-7-25(21)31)17-28(20-36-29)11-12-32-27(24-9-14-35-16-24)6-4-22(2)30(32,33)18-28/h8-9,13-16,21-22,25-27,33H,3-7,10-12,17-20H2,1-2H3. The van der Waals surface area contributed by atoms with E-state index >= 15 is 0 Å². The van der Waals surface area contributed by atoms with Crippen molar-refractivity contribution >= 4 is 11.8 Å². The summed E-state index contributed by atoms with van der Waals surface area (Å²) >= 11 is 2.26. The molecule has 5 aliphatic rings. The van der Waals surface area contributed by atoms with E-state index in [1.807, 2.05) is 18.8 Å². The van der Waals surface area contributed by atoms with E-state index in [1.54, 1.807) is 6.26 Å². The topological polar surface area (TPSA) is 53.0 Å². The highest BCUT2D eigenvalue weighted by Gasteiger charge is 2.60. The zero-order valence-electron chi connectivity index (χ0n) is 21.9. The predicted molar refractivity (Wildman–Crippen MR) is 143 cm³/mol. The maximum absolute atomic E-state index is 12.3. The molecule has 7 heterocycles. The van der Waals surface area contributed by atoms with Gasteiger partial charge in [-0.05, 0) is 92.9 Å². The first-order valence-corrected chi connectivity index (χ1v) is 15.3. The summed E-state index contributed by atoms with van der Waals surface area (Å²) < 4.78 is 11.3. The summed E-state index contributed by atoms with van der Waals surface area (Å²) in [6.45, 7) is 6.94. The van der Waals surface area contributed by atoms with Crippen LogP contribution in [0.5, 0.6) is 0 Å². The average molecular weight is 511 g/mol. The Labute approximate surface area is 220 Å². The average Bonchev–Trinajstić information content (AvgIpc) is 3.63. The first kappa shape index (κ1) is 23.9. The molecule has 2 spiro atoms. The van der Waals surface area contributed by atoms with Crippen LogP contribution in [0, 0.1) is 17.3 Å². The van der Waals surface area contributed by atoms with Gasteiger partial charge >= 0.3 is 0 Å². The van der Waals surface area contributed by atoms with Crippen LogP contribution in [0.25, 0.3) is 0 Å². The van der Waals surface area contributed by atoms with Gasteiger partial charge in [-0.2, -0.15) is 11.8 Å². The van der Waals surface area contributed by atoms with Gasteiger partial charge < -0.3 is 13.9 Å². The molecule has 0 aliphatic carbocycles. The maximum Gasteiger partial charge on any atom is 0.122 e. The normalized spacial score (nSPS) is 45.7. The van der Waals surface area contributed by atoms with Gasteiger partial charge in [-0.1, -0.05) is 13.8 Å². The van der Waals surface area contributed by atoms with E-state index in [2.05, 4.69) is 47.5 Å². The highest BCUT2D eigenvalue weighted by atomic mass is 32.2. The molecule has 6 heteroatoms. The molecular weight excluding hydrogens is 468 g/mol. The third kappa shape index (κ3) is 3.69. The fourth-order valence-corrected chi connectivity index (χ4v) is 10.9. The molecule has 5 nitrogen and oxygen atoms in total.